The molecule has 0 aliphatic carbocycles. The van der Waals surface area contributed by atoms with Crippen LogP contribution in [0, 0.1) is 6.92 Å². The van der Waals surface area contributed by atoms with E-state index >= 15 is 0 Å². The molecule has 4 N–H and O–H groups in total. The van der Waals surface area contributed by atoms with Crippen LogP contribution in [0.15, 0.2) is 91.3 Å². The lowest BCUT2D eigenvalue weighted by Gasteiger charge is -2.32. The molecular formula is C39H44N6O2. The number of fused-ring (bicyclic) bond motifs is 1. The zero-order valence-electron chi connectivity index (χ0n) is 27.3. The first-order valence-corrected chi connectivity index (χ1v) is 16.6. The van der Waals surface area contributed by atoms with Crippen molar-refractivity contribution in [1.82, 2.24) is 19.8 Å². The Morgan fingerprint density at radius 3 is 2.40 bits per heavy atom. The van der Waals surface area contributed by atoms with Crippen LogP contribution < -0.4 is 16.4 Å². The normalized spacial score (nSPS) is 14.6. The van der Waals surface area contributed by atoms with Gasteiger partial charge in [0.25, 0.3) is 0 Å². The molecule has 2 aromatic heterocycles. The van der Waals surface area contributed by atoms with E-state index in [9.17, 15) is 9.59 Å². The molecule has 47 heavy (non-hydrogen) atoms. The third-order valence-corrected chi connectivity index (χ3v) is 9.52. The number of aromatic nitrogens is 2. The standard InChI is InChI=1S/C39H44N6O2/c1-27-22-32(9-10-33(27)24-40)36-15-18-42-45-26-34(23-38(36)45)30-7-5-28(6-8-30)25-44-19-16-31(17-20-44)29-11-13-35(14-12-29)43-37(4-3-21-46)39(47)41-2/h5-15,18,21-23,26,31,37,43H,3-4,16-17,19-20,24-25,40H2,1-2H3,(H,41,47). The van der Waals surface area contributed by atoms with Crippen molar-refractivity contribution in [2.75, 3.05) is 25.5 Å². The molecule has 1 saturated heterocycles. The smallest absolute Gasteiger partial charge is 0.242 e. The second-order valence-corrected chi connectivity index (χ2v) is 12.6. The SMILES string of the molecule is CNC(=O)C(CCC=O)Nc1ccc(C2CCN(Cc3ccc(-c4cc5c(-c6ccc(CN)c(C)c6)ccnn5c4)cc3)CC2)cc1. The van der Waals surface area contributed by atoms with E-state index in [1.54, 1.807) is 7.05 Å². The fraction of sp³-hybridized carbons (Fsp3) is 0.308. The maximum absolute atomic E-state index is 12.2. The topological polar surface area (TPSA) is 105 Å². The number of benzene rings is 3. The van der Waals surface area contributed by atoms with E-state index in [2.05, 4.69) is 100 Å². The lowest BCUT2D eigenvalue weighted by molar-refractivity contribution is -0.121. The van der Waals surface area contributed by atoms with Crippen LogP contribution in [0.25, 0.3) is 27.8 Å². The molecule has 1 atom stereocenters. The highest BCUT2D eigenvalue weighted by molar-refractivity contribution is 5.85. The molecule has 1 fully saturated rings. The molecule has 0 saturated carbocycles. The number of hydrogen-bond acceptors (Lipinski definition) is 6. The van der Waals surface area contributed by atoms with Crippen molar-refractivity contribution < 1.29 is 9.59 Å². The van der Waals surface area contributed by atoms with Gasteiger partial charge in [-0.1, -0.05) is 54.6 Å². The van der Waals surface area contributed by atoms with Crippen LogP contribution >= 0.6 is 0 Å². The Labute approximate surface area is 277 Å². The summed E-state index contributed by atoms with van der Waals surface area (Å²) in [6.07, 6.45) is 7.88. The number of anilines is 1. The zero-order valence-corrected chi connectivity index (χ0v) is 27.3. The van der Waals surface area contributed by atoms with Gasteiger partial charge in [0.2, 0.25) is 5.91 Å². The van der Waals surface area contributed by atoms with Gasteiger partial charge < -0.3 is 21.2 Å². The predicted octanol–water partition coefficient (Wildman–Crippen LogP) is 6.32. The number of rotatable bonds is 12. The van der Waals surface area contributed by atoms with Gasteiger partial charge in [-0.05, 0) is 103 Å². The van der Waals surface area contributed by atoms with Crippen LogP contribution in [0.4, 0.5) is 5.69 Å². The van der Waals surface area contributed by atoms with E-state index in [1.165, 1.54) is 33.4 Å². The van der Waals surface area contributed by atoms with Crippen LogP contribution in [0.5, 0.6) is 0 Å². The summed E-state index contributed by atoms with van der Waals surface area (Å²) in [4.78, 5) is 25.6. The van der Waals surface area contributed by atoms with Gasteiger partial charge in [-0.2, -0.15) is 5.10 Å². The minimum Gasteiger partial charge on any atom is -0.374 e. The van der Waals surface area contributed by atoms with Crippen molar-refractivity contribution in [3.63, 3.8) is 0 Å². The summed E-state index contributed by atoms with van der Waals surface area (Å²) in [6.45, 7) is 5.72. The Balaban J connectivity index is 1.05. The monoisotopic (exact) mass is 628 g/mol. The maximum atomic E-state index is 12.2. The van der Waals surface area contributed by atoms with Gasteiger partial charge >= 0.3 is 0 Å². The minimum atomic E-state index is -0.420. The quantitative estimate of drug-likeness (QED) is 0.140. The highest BCUT2D eigenvalue weighted by Gasteiger charge is 2.22. The Morgan fingerprint density at radius 1 is 0.979 bits per heavy atom. The molecule has 0 spiro atoms. The van der Waals surface area contributed by atoms with Crippen molar-refractivity contribution in [3.05, 3.63) is 114 Å². The average molecular weight is 629 g/mol. The highest BCUT2D eigenvalue weighted by atomic mass is 16.2. The van der Waals surface area contributed by atoms with Crippen LogP contribution in [0.2, 0.25) is 0 Å². The molecule has 5 aromatic rings. The van der Waals surface area contributed by atoms with Crippen LogP contribution in [0.1, 0.15) is 53.9 Å². The first-order chi connectivity index (χ1) is 22.9. The summed E-state index contributed by atoms with van der Waals surface area (Å²) in [5.74, 6) is 0.417. The number of nitrogens with one attached hydrogen (secondary N) is 2. The Hall–Kier alpha value is -4.79. The zero-order chi connectivity index (χ0) is 32.8. The van der Waals surface area contributed by atoms with Gasteiger partial charge in [-0.15, -0.1) is 0 Å². The number of nitrogens with zero attached hydrogens (tertiary/aromatic N) is 3. The largest absolute Gasteiger partial charge is 0.374 e. The number of aryl methyl sites for hydroxylation is 1. The molecule has 8 nitrogen and oxygen atoms in total. The van der Waals surface area contributed by atoms with Gasteiger partial charge in [0, 0.05) is 55.8 Å². The first-order valence-electron chi connectivity index (χ1n) is 16.6. The molecule has 242 valence electrons. The summed E-state index contributed by atoms with van der Waals surface area (Å²) < 4.78 is 1.97. The second-order valence-electron chi connectivity index (χ2n) is 12.6. The Bertz CT molecular complexity index is 1820. The van der Waals surface area contributed by atoms with E-state index < -0.39 is 6.04 Å². The molecular weight excluding hydrogens is 584 g/mol. The number of carbonyl (C=O) groups excluding carboxylic acids is 2. The Morgan fingerprint density at radius 2 is 1.72 bits per heavy atom. The van der Waals surface area contributed by atoms with Crippen molar-refractivity contribution in [2.24, 2.45) is 5.73 Å². The number of carbonyl (C=O) groups is 2. The molecule has 1 amide bonds. The van der Waals surface area contributed by atoms with Gasteiger partial charge in [0.1, 0.15) is 12.3 Å². The molecule has 8 heteroatoms. The summed E-state index contributed by atoms with van der Waals surface area (Å²) in [7, 11) is 1.62. The minimum absolute atomic E-state index is 0.108. The molecule has 1 aliphatic rings. The fourth-order valence-corrected chi connectivity index (χ4v) is 6.72. The van der Waals surface area contributed by atoms with Crippen molar-refractivity contribution in [1.29, 1.82) is 0 Å². The third kappa shape index (κ3) is 7.45. The van der Waals surface area contributed by atoms with Gasteiger partial charge in [-0.3, -0.25) is 9.69 Å². The van der Waals surface area contributed by atoms with Gasteiger partial charge in [0.15, 0.2) is 0 Å². The Kier molecular flexibility index (Phi) is 10.1. The van der Waals surface area contributed by atoms with E-state index in [4.69, 9.17) is 5.73 Å². The first kappa shape index (κ1) is 32.2. The van der Waals surface area contributed by atoms with E-state index in [0.29, 0.717) is 25.3 Å². The van der Waals surface area contributed by atoms with Gasteiger partial charge in [-0.25, -0.2) is 4.52 Å². The predicted molar refractivity (Wildman–Crippen MR) is 189 cm³/mol. The van der Waals surface area contributed by atoms with Crippen molar-refractivity contribution in [3.8, 4) is 22.3 Å². The molecule has 0 bridgehead atoms. The maximum Gasteiger partial charge on any atom is 0.242 e. The van der Waals surface area contributed by atoms with Crippen molar-refractivity contribution >= 4 is 23.4 Å². The number of hydrogen-bond donors (Lipinski definition) is 3. The number of piperidine rings is 1. The number of nitrogens with two attached hydrogens (primary N) is 1. The second kappa shape index (κ2) is 14.8. The molecule has 3 aromatic carbocycles. The van der Waals surface area contributed by atoms with Crippen molar-refractivity contribution in [2.45, 2.75) is 57.7 Å². The van der Waals surface area contributed by atoms with E-state index in [-0.39, 0.29) is 5.91 Å². The molecule has 1 aliphatic heterocycles. The average Bonchev–Trinajstić information content (AvgIpc) is 3.55. The lowest BCUT2D eigenvalue weighted by Crippen LogP contribution is -2.37. The summed E-state index contributed by atoms with van der Waals surface area (Å²) >= 11 is 0. The number of amides is 1. The molecule has 1 unspecified atom stereocenters. The summed E-state index contributed by atoms with van der Waals surface area (Å²) in [5, 5.41) is 10.5. The molecule has 3 heterocycles. The van der Waals surface area contributed by atoms with E-state index in [1.807, 2.05) is 22.8 Å². The number of aldehydes is 1. The van der Waals surface area contributed by atoms with E-state index in [0.717, 1.165) is 61.1 Å². The lowest BCUT2D eigenvalue weighted by atomic mass is 9.89. The summed E-state index contributed by atoms with van der Waals surface area (Å²) in [5.41, 5.74) is 17.6. The number of likely N-dealkylation sites (tertiary alicyclic amines) is 1. The molecule has 6 rings (SSSR count). The molecule has 0 radical (unpaired) electrons. The fourth-order valence-electron chi connectivity index (χ4n) is 6.72. The third-order valence-electron chi connectivity index (χ3n) is 9.52. The highest BCUT2D eigenvalue weighted by Crippen LogP contribution is 2.32. The summed E-state index contributed by atoms with van der Waals surface area (Å²) in [6, 6.07) is 27.7. The van der Waals surface area contributed by atoms with Gasteiger partial charge in [0.05, 0.1) is 5.52 Å². The van der Waals surface area contributed by atoms with Crippen LogP contribution in [-0.4, -0.2) is 52.9 Å². The van der Waals surface area contributed by atoms with Crippen LogP contribution in [0.3, 0.4) is 0 Å². The van der Waals surface area contributed by atoms with Crippen LogP contribution in [-0.2, 0) is 22.7 Å². The number of likely N-dealkylation sites (N-methyl/N-ethyl adjacent to an activating group) is 1.